The molecule has 19 heavy (non-hydrogen) atoms. The van der Waals surface area contributed by atoms with Gasteiger partial charge >= 0.3 is 0 Å². The number of hydrogen-bond acceptors (Lipinski definition) is 5. The molecule has 1 N–H and O–H groups in total. The molecule has 0 unspecified atom stereocenters. The highest BCUT2D eigenvalue weighted by Crippen LogP contribution is 2.20. The summed E-state index contributed by atoms with van der Waals surface area (Å²) in [5.74, 6) is 1.29. The molecule has 1 heterocycles. The third kappa shape index (κ3) is 3.75. The molecular weight excluding hydrogens is 249 g/mol. The standard InChI is InChI=1S/C13H16FN3O2/c1-3-15-7-10-6-11(14)4-5-12(10)18-8-13-16-9(2)19-17-13/h4-6,15H,3,7-8H2,1-2H3. The molecule has 2 rings (SSSR count). The lowest BCUT2D eigenvalue weighted by molar-refractivity contribution is 0.282. The Hall–Kier alpha value is -1.95. The zero-order chi connectivity index (χ0) is 13.7. The van der Waals surface area contributed by atoms with Gasteiger partial charge in [-0.1, -0.05) is 12.1 Å². The maximum absolute atomic E-state index is 13.2. The van der Waals surface area contributed by atoms with Gasteiger partial charge in [0, 0.05) is 19.0 Å². The van der Waals surface area contributed by atoms with Gasteiger partial charge in [-0.25, -0.2) is 4.39 Å². The summed E-state index contributed by atoms with van der Waals surface area (Å²) >= 11 is 0. The Kier molecular flexibility index (Phi) is 4.46. The number of nitrogens with zero attached hydrogens (tertiary/aromatic N) is 2. The Labute approximate surface area is 110 Å². The van der Waals surface area contributed by atoms with Crippen LogP contribution in [-0.2, 0) is 13.2 Å². The third-order valence-corrected chi connectivity index (χ3v) is 2.51. The fraction of sp³-hybridized carbons (Fsp3) is 0.385. The van der Waals surface area contributed by atoms with E-state index in [0.717, 1.165) is 12.1 Å². The fourth-order valence-corrected chi connectivity index (χ4v) is 1.63. The van der Waals surface area contributed by atoms with E-state index in [9.17, 15) is 4.39 Å². The van der Waals surface area contributed by atoms with Crippen molar-refractivity contribution in [2.75, 3.05) is 6.54 Å². The van der Waals surface area contributed by atoms with E-state index in [1.807, 2.05) is 6.92 Å². The molecule has 0 spiro atoms. The van der Waals surface area contributed by atoms with Crippen molar-refractivity contribution in [3.05, 3.63) is 41.3 Å². The maximum atomic E-state index is 13.2. The molecule has 0 bridgehead atoms. The van der Waals surface area contributed by atoms with Crippen molar-refractivity contribution in [1.82, 2.24) is 15.5 Å². The molecule has 0 atom stereocenters. The summed E-state index contributed by atoms with van der Waals surface area (Å²) in [6, 6.07) is 4.43. The molecule has 0 saturated carbocycles. The van der Waals surface area contributed by atoms with Crippen LogP contribution in [0.2, 0.25) is 0 Å². The average molecular weight is 265 g/mol. The molecule has 0 aliphatic rings. The van der Waals surface area contributed by atoms with Crippen molar-refractivity contribution >= 4 is 0 Å². The molecule has 2 aromatic rings. The Balaban J connectivity index is 2.05. The lowest BCUT2D eigenvalue weighted by Crippen LogP contribution is -2.13. The number of benzene rings is 1. The summed E-state index contributed by atoms with van der Waals surface area (Å²) < 4.78 is 23.7. The van der Waals surface area contributed by atoms with E-state index >= 15 is 0 Å². The molecule has 0 fully saturated rings. The number of nitrogens with one attached hydrogen (secondary N) is 1. The number of rotatable bonds is 6. The topological polar surface area (TPSA) is 60.2 Å². The van der Waals surface area contributed by atoms with E-state index in [-0.39, 0.29) is 12.4 Å². The molecule has 0 saturated heterocycles. The molecule has 5 nitrogen and oxygen atoms in total. The quantitative estimate of drug-likeness (QED) is 0.867. The van der Waals surface area contributed by atoms with Crippen molar-refractivity contribution in [2.45, 2.75) is 27.0 Å². The van der Waals surface area contributed by atoms with Gasteiger partial charge in [0.15, 0.2) is 6.61 Å². The molecule has 1 aromatic carbocycles. The SMILES string of the molecule is CCNCc1cc(F)ccc1OCc1noc(C)n1. The first-order valence-corrected chi connectivity index (χ1v) is 6.10. The van der Waals surface area contributed by atoms with E-state index < -0.39 is 0 Å². The Morgan fingerprint density at radius 1 is 1.42 bits per heavy atom. The number of hydrogen-bond donors (Lipinski definition) is 1. The summed E-state index contributed by atoms with van der Waals surface area (Å²) in [7, 11) is 0. The monoisotopic (exact) mass is 265 g/mol. The Morgan fingerprint density at radius 3 is 2.95 bits per heavy atom. The van der Waals surface area contributed by atoms with Crippen LogP contribution in [0.3, 0.4) is 0 Å². The minimum atomic E-state index is -0.282. The largest absolute Gasteiger partial charge is 0.485 e. The normalized spacial score (nSPS) is 10.7. The number of aryl methyl sites for hydroxylation is 1. The van der Waals surface area contributed by atoms with Crippen LogP contribution in [0.4, 0.5) is 4.39 Å². The van der Waals surface area contributed by atoms with Gasteiger partial charge in [0.25, 0.3) is 0 Å². The van der Waals surface area contributed by atoms with Crippen molar-refractivity contribution < 1.29 is 13.7 Å². The highest BCUT2D eigenvalue weighted by atomic mass is 19.1. The van der Waals surface area contributed by atoms with E-state index in [0.29, 0.717) is 24.0 Å². The van der Waals surface area contributed by atoms with Gasteiger partial charge in [-0.15, -0.1) is 0 Å². The first-order valence-electron chi connectivity index (χ1n) is 6.10. The average Bonchev–Trinajstić information content (AvgIpc) is 2.81. The van der Waals surface area contributed by atoms with Crippen LogP contribution in [0.15, 0.2) is 22.7 Å². The van der Waals surface area contributed by atoms with Gasteiger partial charge in [-0.05, 0) is 24.7 Å². The minimum absolute atomic E-state index is 0.197. The van der Waals surface area contributed by atoms with Crippen molar-refractivity contribution in [3.8, 4) is 5.75 Å². The molecule has 0 aliphatic heterocycles. The zero-order valence-corrected chi connectivity index (χ0v) is 10.9. The highest BCUT2D eigenvalue weighted by molar-refractivity contribution is 5.34. The lowest BCUT2D eigenvalue weighted by atomic mass is 10.2. The third-order valence-electron chi connectivity index (χ3n) is 2.51. The summed E-state index contributed by atoms with van der Waals surface area (Å²) in [5.41, 5.74) is 0.766. The van der Waals surface area contributed by atoms with Gasteiger partial charge in [0.1, 0.15) is 11.6 Å². The maximum Gasteiger partial charge on any atom is 0.223 e. The summed E-state index contributed by atoms with van der Waals surface area (Å²) in [5, 5.41) is 6.88. The van der Waals surface area contributed by atoms with E-state index in [4.69, 9.17) is 9.26 Å². The second-order valence-corrected chi connectivity index (χ2v) is 4.05. The molecule has 1 aromatic heterocycles. The van der Waals surface area contributed by atoms with Crippen LogP contribution in [0.5, 0.6) is 5.75 Å². The van der Waals surface area contributed by atoms with Gasteiger partial charge in [0.2, 0.25) is 11.7 Å². The van der Waals surface area contributed by atoms with Crippen molar-refractivity contribution in [2.24, 2.45) is 0 Å². The van der Waals surface area contributed by atoms with E-state index in [1.54, 1.807) is 13.0 Å². The zero-order valence-electron chi connectivity index (χ0n) is 10.9. The second-order valence-electron chi connectivity index (χ2n) is 4.05. The van der Waals surface area contributed by atoms with Crippen molar-refractivity contribution in [1.29, 1.82) is 0 Å². The minimum Gasteiger partial charge on any atom is -0.485 e. The Morgan fingerprint density at radius 2 is 2.26 bits per heavy atom. The van der Waals surface area contributed by atoms with E-state index in [1.165, 1.54) is 12.1 Å². The Bertz CT molecular complexity index is 542. The molecule has 102 valence electrons. The van der Waals surface area contributed by atoms with Crippen LogP contribution in [-0.4, -0.2) is 16.7 Å². The molecule has 0 radical (unpaired) electrons. The number of aromatic nitrogens is 2. The predicted molar refractivity (Wildman–Crippen MR) is 67.1 cm³/mol. The molecule has 0 aliphatic carbocycles. The van der Waals surface area contributed by atoms with Crippen LogP contribution in [0.25, 0.3) is 0 Å². The van der Waals surface area contributed by atoms with Crippen LogP contribution < -0.4 is 10.1 Å². The smallest absolute Gasteiger partial charge is 0.223 e. The summed E-state index contributed by atoms with van der Waals surface area (Å²) in [6.07, 6.45) is 0. The lowest BCUT2D eigenvalue weighted by Gasteiger charge is -2.10. The van der Waals surface area contributed by atoms with Crippen LogP contribution in [0, 0.1) is 12.7 Å². The van der Waals surface area contributed by atoms with Gasteiger partial charge in [0.05, 0.1) is 0 Å². The van der Waals surface area contributed by atoms with Gasteiger partial charge in [-0.2, -0.15) is 4.98 Å². The highest BCUT2D eigenvalue weighted by Gasteiger charge is 2.08. The second kappa shape index (κ2) is 6.29. The fourth-order valence-electron chi connectivity index (χ4n) is 1.63. The molecular formula is C13H16FN3O2. The van der Waals surface area contributed by atoms with Crippen LogP contribution >= 0.6 is 0 Å². The predicted octanol–water partition coefficient (Wildman–Crippen LogP) is 2.21. The van der Waals surface area contributed by atoms with E-state index in [2.05, 4.69) is 15.5 Å². The number of halogens is 1. The molecule has 6 heteroatoms. The summed E-state index contributed by atoms with van der Waals surface area (Å²) in [4.78, 5) is 4.04. The number of ether oxygens (including phenoxy) is 1. The first-order chi connectivity index (χ1) is 9.19. The first kappa shape index (κ1) is 13.5. The molecule has 0 amide bonds. The van der Waals surface area contributed by atoms with Gasteiger partial charge < -0.3 is 14.6 Å². The summed E-state index contributed by atoms with van der Waals surface area (Å²) in [6.45, 7) is 5.25. The van der Waals surface area contributed by atoms with Crippen molar-refractivity contribution in [3.63, 3.8) is 0 Å². The van der Waals surface area contributed by atoms with Gasteiger partial charge in [-0.3, -0.25) is 0 Å². The van der Waals surface area contributed by atoms with Crippen LogP contribution in [0.1, 0.15) is 24.2 Å².